The summed E-state index contributed by atoms with van der Waals surface area (Å²) in [5.41, 5.74) is 5.61. The van der Waals surface area contributed by atoms with Crippen LogP contribution < -0.4 is 17.3 Å². The molecule has 0 amide bonds. The third-order valence-electron chi connectivity index (χ3n) is 5.02. The lowest BCUT2D eigenvalue weighted by molar-refractivity contribution is -0.908. The molecule has 26 heavy (non-hydrogen) atoms. The first-order valence-corrected chi connectivity index (χ1v) is 9.04. The SMILES string of the molecule is COC(C[NH+]1CCC(=C(c2ccccc2)c2ccccc2)CC1)OC.[Cl-]. The molecule has 140 valence electrons. The van der Waals surface area contributed by atoms with E-state index in [1.807, 2.05) is 0 Å². The Labute approximate surface area is 163 Å². The maximum absolute atomic E-state index is 5.36. The van der Waals surface area contributed by atoms with Crippen LogP contribution in [0.5, 0.6) is 0 Å². The van der Waals surface area contributed by atoms with Crippen LogP contribution in [0.4, 0.5) is 0 Å². The molecule has 0 bridgehead atoms. The lowest BCUT2D eigenvalue weighted by atomic mass is 9.88. The Bertz CT molecular complexity index is 632. The van der Waals surface area contributed by atoms with Gasteiger partial charge in [-0.3, -0.25) is 0 Å². The number of ether oxygens (including phenoxy) is 2. The maximum Gasteiger partial charge on any atom is 0.207 e. The van der Waals surface area contributed by atoms with Gasteiger partial charge >= 0.3 is 0 Å². The molecule has 0 atom stereocenters. The van der Waals surface area contributed by atoms with Gasteiger partial charge in [-0.2, -0.15) is 0 Å². The highest BCUT2D eigenvalue weighted by atomic mass is 35.5. The summed E-state index contributed by atoms with van der Waals surface area (Å²) < 4.78 is 10.7. The van der Waals surface area contributed by atoms with E-state index in [0.717, 1.165) is 32.5 Å². The topological polar surface area (TPSA) is 22.9 Å². The van der Waals surface area contributed by atoms with Gasteiger partial charge in [-0.1, -0.05) is 66.2 Å². The van der Waals surface area contributed by atoms with Crippen molar-refractivity contribution in [2.24, 2.45) is 0 Å². The zero-order valence-electron chi connectivity index (χ0n) is 15.6. The van der Waals surface area contributed by atoms with E-state index in [-0.39, 0.29) is 18.7 Å². The molecule has 1 saturated heterocycles. The monoisotopic (exact) mass is 373 g/mol. The third-order valence-corrected chi connectivity index (χ3v) is 5.02. The molecule has 1 N–H and O–H groups in total. The van der Waals surface area contributed by atoms with Crippen LogP contribution in [-0.2, 0) is 9.47 Å². The molecular weight excluding hydrogens is 346 g/mol. The van der Waals surface area contributed by atoms with Gasteiger partial charge in [-0.25, -0.2) is 0 Å². The van der Waals surface area contributed by atoms with Crippen molar-refractivity contribution in [3.63, 3.8) is 0 Å². The number of benzene rings is 2. The molecule has 1 heterocycles. The van der Waals surface area contributed by atoms with Crippen LogP contribution >= 0.6 is 0 Å². The van der Waals surface area contributed by atoms with Crippen LogP contribution in [-0.4, -0.2) is 40.1 Å². The molecular formula is C22H28ClNO2. The van der Waals surface area contributed by atoms with E-state index < -0.39 is 0 Å². The van der Waals surface area contributed by atoms with E-state index in [9.17, 15) is 0 Å². The molecule has 0 aliphatic carbocycles. The lowest BCUT2D eigenvalue weighted by Crippen LogP contribution is -3.14. The van der Waals surface area contributed by atoms with Crippen molar-refractivity contribution in [2.75, 3.05) is 33.9 Å². The van der Waals surface area contributed by atoms with Gasteiger partial charge in [-0.15, -0.1) is 0 Å². The average Bonchev–Trinajstić information content (AvgIpc) is 2.69. The molecule has 0 unspecified atom stereocenters. The normalized spacial score (nSPS) is 17.0. The Morgan fingerprint density at radius 2 is 1.31 bits per heavy atom. The second kappa shape index (κ2) is 10.5. The molecule has 1 fully saturated rings. The number of quaternary nitrogens is 1. The van der Waals surface area contributed by atoms with Gasteiger partial charge in [-0.05, 0) is 16.7 Å². The second-order valence-corrected chi connectivity index (χ2v) is 6.57. The van der Waals surface area contributed by atoms with Gasteiger partial charge in [0, 0.05) is 27.1 Å². The number of hydrogen-bond donors (Lipinski definition) is 1. The summed E-state index contributed by atoms with van der Waals surface area (Å²) in [5, 5.41) is 0. The summed E-state index contributed by atoms with van der Waals surface area (Å²) in [6.07, 6.45) is 2.13. The van der Waals surface area contributed by atoms with Crippen LogP contribution in [0, 0.1) is 0 Å². The van der Waals surface area contributed by atoms with E-state index in [4.69, 9.17) is 9.47 Å². The molecule has 2 aromatic carbocycles. The zero-order chi connectivity index (χ0) is 17.5. The van der Waals surface area contributed by atoms with E-state index in [1.165, 1.54) is 16.7 Å². The molecule has 4 heteroatoms. The van der Waals surface area contributed by atoms with Crippen LogP contribution in [0.2, 0.25) is 0 Å². The van der Waals surface area contributed by atoms with Gasteiger partial charge in [0.1, 0.15) is 6.54 Å². The number of rotatable bonds is 6. The molecule has 0 spiro atoms. The summed E-state index contributed by atoms with van der Waals surface area (Å²) >= 11 is 0. The second-order valence-electron chi connectivity index (χ2n) is 6.57. The predicted octanol–water partition coefficient (Wildman–Crippen LogP) is -0.210. The molecule has 0 radical (unpaired) electrons. The van der Waals surface area contributed by atoms with E-state index in [1.54, 1.807) is 24.7 Å². The van der Waals surface area contributed by atoms with Crippen molar-refractivity contribution in [1.82, 2.24) is 0 Å². The number of nitrogens with one attached hydrogen (secondary N) is 1. The Balaban J connectivity index is 0.00000243. The van der Waals surface area contributed by atoms with Crippen molar-refractivity contribution in [2.45, 2.75) is 19.1 Å². The summed E-state index contributed by atoms with van der Waals surface area (Å²) in [5.74, 6) is 0. The first-order chi connectivity index (χ1) is 12.3. The van der Waals surface area contributed by atoms with E-state index in [2.05, 4.69) is 60.7 Å². The molecule has 3 nitrogen and oxygen atoms in total. The van der Waals surface area contributed by atoms with Crippen molar-refractivity contribution in [1.29, 1.82) is 0 Å². The average molecular weight is 374 g/mol. The highest BCUT2D eigenvalue weighted by Gasteiger charge is 2.23. The molecule has 1 aliphatic rings. The summed E-state index contributed by atoms with van der Waals surface area (Å²) in [6, 6.07) is 21.6. The smallest absolute Gasteiger partial charge is 0.207 e. The van der Waals surface area contributed by atoms with Gasteiger partial charge < -0.3 is 26.8 Å². The summed E-state index contributed by atoms with van der Waals surface area (Å²) in [7, 11) is 3.43. The van der Waals surface area contributed by atoms with Gasteiger partial charge in [0.2, 0.25) is 6.29 Å². The quantitative estimate of drug-likeness (QED) is 0.708. The Morgan fingerprint density at radius 1 is 0.846 bits per heavy atom. The fourth-order valence-electron chi connectivity index (χ4n) is 3.64. The zero-order valence-corrected chi connectivity index (χ0v) is 16.3. The molecule has 0 aromatic heterocycles. The fourth-order valence-corrected chi connectivity index (χ4v) is 3.64. The number of piperidine rings is 1. The molecule has 0 saturated carbocycles. The van der Waals surface area contributed by atoms with Crippen molar-refractivity contribution in [3.8, 4) is 0 Å². The number of hydrogen-bond acceptors (Lipinski definition) is 2. The number of likely N-dealkylation sites (tertiary alicyclic amines) is 1. The minimum atomic E-state index is -0.108. The van der Waals surface area contributed by atoms with Gasteiger partial charge in [0.15, 0.2) is 0 Å². The van der Waals surface area contributed by atoms with Crippen LogP contribution in [0.3, 0.4) is 0 Å². The highest BCUT2D eigenvalue weighted by molar-refractivity contribution is 5.82. The first-order valence-electron chi connectivity index (χ1n) is 9.04. The van der Waals surface area contributed by atoms with Crippen molar-refractivity contribution < 1.29 is 26.8 Å². The lowest BCUT2D eigenvalue weighted by Gasteiger charge is -2.29. The molecule has 1 aliphatic heterocycles. The molecule has 3 rings (SSSR count). The number of methoxy groups -OCH3 is 2. The fraction of sp³-hybridized carbons (Fsp3) is 0.364. The summed E-state index contributed by atoms with van der Waals surface area (Å²) in [6.45, 7) is 3.16. The minimum absolute atomic E-state index is 0. The van der Waals surface area contributed by atoms with Crippen LogP contribution in [0.15, 0.2) is 66.2 Å². The largest absolute Gasteiger partial charge is 1.00 e. The Hall–Kier alpha value is -1.65. The Morgan fingerprint density at radius 3 is 1.73 bits per heavy atom. The first kappa shape index (κ1) is 20.7. The highest BCUT2D eigenvalue weighted by Crippen LogP contribution is 2.30. The van der Waals surface area contributed by atoms with Crippen LogP contribution in [0.25, 0.3) is 5.57 Å². The van der Waals surface area contributed by atoms with Crippen molar-refractivity contribution >= 4 is 5.57 Å². The van der Waals surface area contributed by atoms with E-state index >= 15 is 0 Å². The van der Waals surface area contributed by atoms with Crippen molar-refractivity contribution in [3.05, 3.63) is 77.4 Å². The third kappa shape index (κ3) is 5.18. The maximum atomic E-state index is 5.36. The standard InChI is InChI=1S/C22H27NO2.ClH/c1-24-21(25-2)17-23-15-13-20(14-16-23)22(18-9-5-3-6-10-18)19-11-7-4-8-12-19;/h3-12,21H,13-17H2,1-2H3;1H. The predicted molar refractivity (Wildman–Crippen MR) is 102 cm³/mol. The Kier molecular flexibility index (Phi) is 8.33. The van der Waals surface area contributed by atoms with Crippen LogP contribution in [0.1, 0.15) is 24.0 Å². The van der Waals surface area contributed by atoms with E-state index in [0.29, 0.717) is 0 Å². The summed E-state index contributed by atoms with van der Waals surface area (Å²) in [4.78, 5) is 1.55. The molecule has 2 aromatic rings. The minimum Gasteiger partial charge on any atom is -1.00 e. The number of halogens is 1. The van der Waals surface area contributed by atoms with Gasteiger partial charge in [0.25, 0.3) is 0 Å². The van der Waals surface area contributed by atoms with Gasteiger partial charge in [0.05, 0.1) is 13.1 Å².